The van der Waals surface area contributed by atoms with Gasteiger partial charge in [-0.2, -0.15) is 9.41 Å². The van der Waals surface area contributed by atoms with Crippen LogP contribution in [0.2, 0.25) is 0 Å². The minimum absolute atomic E-state index is 0.0487. The number of hydrogen-bond acceptors (Lipinski definition) is 6. The van der Waals surface area contributed by atoms with Crippen LogP contribution in [0.4, 0.5) is 0 Å². The van der Waals surface area contributed by atoms with E-state index in [1.807, 2.05) is 24.3 Å². The van der Waals surface area contributed by atoms with E-state index in [1.165, 1.54) is 9.87 Å². The van der Waals surface area contributed by atoms with E-state index in [0.29, 0.717) is 43.3 Å². The molecule has 2 aromatic carbocycles. The molecule has 1 heterocycles. The fraction of sp³-hybridized carbons (Fsp3) is 0.417. The van der Waals surface area contributed by atoms with E-state index in [9.17, 15) is 13.2 Å². The van der Waals surface area contributed by atoms with Crippen LogP contribution in [-0.4, -0.2) is 57.3 Å². The summed E-state index contributed by atoms with van der Waals surface area (Å²) in [6.07, 6.45) is 0. The van der Waals surface area contributed by atoms with Gasteiger partial charge in [-0.25, -0.2) is 13.8 Å². The van der Waals surface area contributed by atoms with Crippen LogP contribution in [0.5, 0.6) is 5.75 Å². The maximum atomic E-state index is 12.7. The minimum atomic E-state index is -3.55. The molecule has 0 saturated carbocycles. The zero-order valence-corrected chi connectivity index (χ0v) is 20.3. The van der Waals surface area contributed by atoms with Crippen molar-refractivity contribution in [2.45, 2.75) is 38.0 Å². The Kier molecular flexibility index (Phi) is 7.88. The number of morpholine rings is 1. The van der Waals surface area contributed by atoms with Crippen LogP contribution in [0.25, 0.3) is 0 Å². The zero-order valence-electron chi connectivity index (χ0n) is 19.5. The molecule has 0 aliphatic carbocycles. The van der Waals surface area contributed by atoms with Gasteiger partial charge in [0.2, 0.25) is 10.0 Å². The SMILES string of the molecule is C/C(=N\NC(=O)COc1ccc(C(C)(C)C)cc1)c1ccc(S(=O)(=O)N2CCOCC2)cc1. The minimum Gasteiger partial charge on any atom is -0.484 e. The molecule has 0 unspecified atom stereocenters. The van der Waals surface area contributed by atoms with E-state index in [-0.39, 0.29) is 22.8 Å². The van der Waals surface area contributed by atoms with Crippen molar-refractivity contribution in [3.05, 3.63) is 59.7 Å². The van der Waals surface area contributed by atoms with Crippen LogP contribution in [-0.2, 0) is 25.0 Å². The number of benzene rings is 2. The van der Waals surface area contributed by atoms with Crippen molar-refractivity contribution in [2.24, 2.45) is 5.10 Å². The van der Waals surface area contributed by atoms with Gasteiger partial charge in [-0.15, -0.1) is 0 Å². The monoisotopic (exact) mass is 473 g/mol. The Bertz CT molecular complexity index is 1080. The van der Waals surface area contributed by atoms with Gasteiger partial charge in [0.25, 0.3) is 5.91 Å². The molecule has 1 saturated heterocycles. The summed E-state index contributed by atoms with van der Waals surface area (Å²) >= 11 is 0. The number of hydrazone groups is 1. The fourth-order valence-electron chi connectivity index (χ4n) is 3.25. The molecule has 1 amide bonds. The van der Waals surface area contributed by atoms with Gasteiger partial charge in [-0.1, -0.05) is 45.0 Å². The molecule has 178 valence electrons. The van der Waals surface area contributed by atoms with E-state index in [4.69, 9.17) is 9.47 Å². The van der Waals surface area contributed by atoms with Crippen molar-refractivity contribution in [2.75, 3.05) is 32.9 Å². The summed E-state index contributed by atoms with van der Waals surface area (Å²) in [7, 11) is -3.55. The number of ether oxygens (including phenoxy) is 2. The number of hydrogen-bond donors (Lipinski definition) is 1. The lowest BCUT2D eigenvalue weighted by atomic mass is 9.87. The Balaban J connectivity index is 1.54. The van der Waals surface area contributed by atoms with Crippen molar-refractivity contribution >= 4 is 21.6 Å². The number of rotatable bonds is 7. The van der Waals surface area contributed by atoms with Gasteiger partial charge in [0, 0.05) is 13.1 Å². The van der Waals surface area contributed by atoms with Crippen LogP contribution in [0.3, 0.4) is 0 Å². The van der Waals surface area contributed by atoms with Gasteiger partial charge in [0.05, 0.1) is 23.8 Å². The van der Waals surface area contributed by atoms with Gasteiger partial charge in [-0.05, 0) is 47.7 Å². The summed E-state index contributed by atoms with van der Waals surface area (Å²) in [5.74, 6) is 0.219. The Morgan fingerprint density at radius 1 is 1.06 bits per heavy atom. The number of amides is 1. The highest BCUT2D eigenvalue weighted by Crippen LogP contribution is 2.24. The topological polar surface area (TPSA) is 97.3 Å². The average Bonchev–Trinajstić information content (AvgIpc) is 2.81. The number of nitrogens with zero attached hydrogens (tertiary/aromatic N) is 2. The lowest BCUT2D eigenvalue weighted by Gasteiger charge is -2.26. The first kappa shape index (κ1) is 24.9. The molecule has 1 N–H and O–H groups in total. The molecule has 3 rings (SSSR count). The molecule has 2 aromatic rings. The molecule has 0 radical (unpaired) electrons. The molecule has 9 heteroatoms. The average molecular weight is 474 g/mol. The second kappa shape index (κ2) is 10.5. The fourth-order valence-corrected chi connectivity index (χ4v) is 4.66. The third-order valence-electron chi connectivity index (χ3n) is 5.32. The Morgan fingerprint density at radius 2 is 1.67 bits per heavy atom. The third kappa shape index (κ3) is 6.63. The van der Waals surface area contributed by atoms with Crippen LogP contribution < -0.4 is 10.2 Å². The highest BCUT2D eigenvalue weighted by atomic mass is 32.2. The van der Waals surface area contributed by atoms with E-state index in [1.54, 1.807) is 31.2 Å². The van der Waals surface area contributed by atoms with Crippen LogP contribution in [0.1, 0.15) is 38.8 Å². The maximum Gasteiger partial charge on any atom is 0.277 e. The molecule has 0 aromatic heterocycles. The van der Waals surface area contributed by atoms with E-state index in [2.05, 4.69) is 31.3 Å². The molecule has 1 fully saturated rings. The smallest absolute Gasteiger partial charge is 0.277 e. The molecule has 0 spiro atoms. The molecular weight excluding hydrogens is 442 g/mol. The van der Waals surface area contributed by atoms with Crippen molar-refractivity contribution in [1.82, 2.24) is 9.73 Å². The van der Waals surface area contributed by atoms with Gasteiger partial charge in [0.1, 0.15) is 5.75 Å². The maximum absolute atomic E-state index is 12.7. The van der Waals surface area contributed by atoms with Crippen LogP contribution in [0, 0.1) is 0 Å². The van der Waals surface area contributed by atoms with Crippen molar-refractivity contribution in [3.8, 4) is 5.75 Å². The first-order valence-electron chi connectivity index (χ1n) is 10.8. The van der Waals surface area contributed by atoms with Crippen molar-refractivity contribution < 1.29 is 22.7 Å². The normalized spacial score (nSPS) is 15.8. The molecule has 0 bridgehead atoms. The highest BCUT2D eigenvalue weighted by molar-refractivity contribution is 7.89. The number of carbonyl (C=O) groups is 1. The second-order valence-electron chi connectivity index (χ2n) is 8.84. The Morgan fingerprint density at radius 3 is 2.24 bits per heavy atom. The van der Waals surface area contributed by atoms with Gasteiger partial charge >= 0.3 is 0 Å². The molecule has 0 atom stereocenters. The second-order valence-corrected chi connectivity index (χ2v) is 10.8. The summed E-state index contributed by atoms with van der Waals surface area (Å²) in [5, 5.41) is 4.10. The first-order valence-corrected chi connectivity index (χ1v) is 12.3. The van der Waals surface area contributed by atoms with Crippen LogP contribution >= 0.6 is 0 Å². The first-order chi connectivity index (χ1) is 15.6. The van der Waals surface area contributed by atoms with E-state index >= 15 is 0 Å². The molecule has 1 aliphatic heterocycles. The van der Waals surface area contributed by atoms with Crippen LogP contribution in [0.15, 0.2) is 58.5 Å². The van der Waals surface area contributed by atoms with Crippen molar-refractivity contribution in [1.29, 1.82) is 0 Å². The predicted molar refractivity (Wildman–Crippen MR) is 127 cm³/mol. The Labute approximate surface area is 195 Å². The predicted octanol–water partition coefficient (Wildman–Crippen LogP) is 2.92. The van der Waals surface area contributed by atoms with Crippen molar-refractivity contribution in [3.63, 3.8) is 0 Å². The van der Waals surface area contributed by atoms with Gasteiger partial charge < -0.3 is 9.47 Å². The number of nitrogens with one attached hydrogen (secondary N) is 1. The summed E-state index contributed by atoms with van der Waals surface area (Å²) in [4.78, 5) is 12.3. The summed E-state index contributed by atoms with van der Waals surface area (Å²) in [5.41, 5.74) is 4.95. The number of sulfonamides is 1. The highest BCUT2D eigenvalue weighted by Gasteiger charge is 2.26. The lowest BCUT2D eigenvalue weighted by molar-refractivity contribution is -0.123. The summed E-state index contributed by atoms with van der Waals surface area (Å²) < 4.78 is 37.6. The molecule has 8 nitrogen and oxygen atoms in total. The van der Waals surface area contributed by atoms with Gasteiger partial charge in [-0.3, -0.25) is 4.79 Å². The summed E-state index contributed by atoms with van der Waals surface area (Å²) in [6.45, 7) is 9.45. The van der Waals surface area contributed by atoms with E-state index < -0.39 is 10.0 Å². The quantitative estimate of drug-likeness (QED) is 0.493. The largest absolute Gasteiger partial charge is 0.484 e. The number of carbonyl (C=O) groups excluding carboxylic acids is 1. The lowest BCUT2D eigenvalue weighted by Crippen LogP contribution is -2.40. The van der Waals surface area contributed by atoms with E-state index in [0.717, 1.165) is 0 Å². The summed E-state index contributed by atoms with van der Waals surface area (Å²) in [6, 6.07) is 14.1. The zero-order chi connectivity index (χ0) is 24.1. The van der Waals surface area contributed by atoms with Gasteiger partial charge in [0.15, 0.2) is 6.61 Å². The molecule has 33 heavy (non-hydrogen) atoms. The molecule has 1 aliphatic rings. The molecular formula is C24H31N3O5S. The standard InChI is InChI=1S/C24H31N3O5S/c1-18(19-5-11-22(12-6-19)33(29,30)27-13-15-31-16-14-27)25-26-23(28)17-32-21-9-7-20(8-10-21)24(2,3)4/h5-12H,13-17H2,1-4H3,(H,26,28)/b25-18+. The Hall–Kier alpha value is -2.75. The third-order valence-corrected chi connectivity index (χ3v) is 7.23.